The Morgan fingerprint density at radius 3 is 2.15 bits per heavy atom. The van der Waals surface area contributed by atoms with Crippen LogP contribution in [-0.4, -0.2) is 27.7 Å². The van der Waals surface area contributed by atoms with Crippen molar-refractivity contribution in [1.29, 1.82) is 0 Å². The topological polar surface area (TPSA) is 61.4 Å². The molecule has 4 nitrogen and oxygen atoms in total. The monoisotopic (exact) mass is 228 g/mol. The number of aliphatic hydroxyl groups excluding tert-OH is 1. The smallest absolute Gasteiger partial charge is 0.317 e. The van der Waals surface area contributed by atoms with E-state index in [-0.39, 0.29) is 5.54 Å². The lowest BCUT2D eigenvalue weighted by Crippen LogP contribution is -2.51. The van der Waals surface area contributed by atoms with Gasteiger partial charge in [0.25, 0.3) is 0 Å². The fourth-order valence-electron chi connectivity index (χ4n) is 0.574. The summed E-state index contributed by atoms with van der Waals surface area (Å²) in [5, 5.41) is 13.8. The second kappa shape index (κ2) is 4.88. The first kappa shape index (κ1) is 12.8. The van der Waals surface area contributed by atoms with Crippen molar-refractivity contribution in [2.24, 2.45) is 0 Å². The zero-order valence-electron chi connectivity index (χ0n) is 7.77. The number of rotatable bonds is 2. The van der Waals surface area contributed by atoms with Gasteiger partial charge in [0, 0.05) is 5.54 Å². The van der Waals surface area contributed by atoms with E-state index in [0.717, 1.165) is 0 Å². The van der Waals surface area contributed by atoms with E-state index in [9.17, 15) is 4.79 Å². The molecule has 0 saturated heterocycles. The van der Waals surface area contributed by atoms with Crippen LogP contribution in [0.15, 0.2) is 0 Å². The first-order chi connectivity index (χ1) is 5.72. The minimum absolute atomic E-state index is 0.363. The van der Waals surface area contributed by atoms with Gasteiger partial charge in [0.2, 0.25) is 0 Å². The summed E-state index contributed by atoms with van der Waals surface area (Å²) >= 11 is 10.6. The van der Waals surface area contributed by atoms with Crippen molar-refractivity contribution in [3.8, 4) is 0 Å². The molecule has 6 heteroatoms. The molecule has 13 heavy (non-hydrogen) atoms. The molecular formula is C7H14Cl2N2O2. The molecule has 1 atom stereocenters. The van der Waals surface area contributed by atoms with Crippen molar-refractivity contribution >= 4 is 29.2 Å². The third-order valence-electron chi connectivity index (χ3n) is 1.01. The Balaban J connectivity index is 3.89. The molecule has 0 spiro atoms. The van der Waals surface area contributed by atoms with Gasteiger partial charge in [-0.05, 0) is 20.8 Å². The van der Waals surface area contributed by atoms with Gasteiger partial charge in [0.1, 0.15) is 0 Å². The number of aliphatic hydroxyl groups is 1. The van der Waals surface area contributed by atoms with Gasteiger partial charge >= 0.3 is 6.03 Å². The molecule has 0 heterocycles. The lowest BCUT2D eigenvalue weighted by molar-refractivity contribution is 0.149. The quantitative estimate of drug-likeness (QED) is 0.492. The van der Waals surface area contributed by atoms with Gasteiger partial charge in [-0.2, -0.15) is 0 Å². The highest BCUT2D eigenvalue weighted by Crippen LogP contribution is 2.05. The fraction of sp³-hybridized carbons (Fsp3) is 0.857. The number of nitrogens with one attached hydrogen (secondary N) is 2. The molecule has 0 aromatic rings. The van der Waals surface area contributed by atoms with Gasteiger partial charge < -0.3 is 15.7 Å². The Morgan fingerprint density at radius 1 is 1.38 bits per heavy atom. The summed E-state index contributed by atoms with van der Waals surface area (Å²) in [6.07, 6.45) is -1.26. The SMILES string of the molecule is CC(C)(C)NC(=O)N[C@@H](O)C(Cl)Cl. The molecule has 0 aliphatic rings. The van der Waals surface area contributed by atoms with E-state index >= 15 is 0 Å². The lowest BCUT2D eigenvalue weighted by atomic mass is 10.1. The summed E-state index contributed by atoms with van der Waals surface area (Å²) in [6.45, 7) is 5.45. The number of urea groups is 1. The Morgan fingerprint density at radius 2 is 1.85 bits per heavy atom. The van der Waals surface area contributed by atoms with Crippen LogP contribution in [0.3, 0.4) is 0 Å². The Labute approximate surface area is 87.6 Å². The van der Waals surface area contributed by atoms with Crippen LogP contribution in [0, 0.1) is 0 Å². The van der Waals surface area contributed by atoms with E-state index < -0.39 is 17.1 Å². The maximum absolute atomic E-state index is 11.1. The summed E-state index contributed by atoms with van der Waals surface area (Å²) in [4.78, 5) is 10.0. The van der Waals surface area contributed by atoms with E-state index in [0.29, 0.717) is 0 Å². The predicted octanol–water partition coefficient (Wildman–Crippen LogP) is 1.21. The minimum atomic E-state index is -1.26. The highest BCUT2D eigenvalue weighted by molar-refractivity contribution is 6.44. The summed E-state index contributed by atoms with van der Waals surface area (Å²) < 4.78 is 0. The molecule has 0 aromatic carbocycles. The summed E-state index contributed by atoms with van der Waals surface area (Å²) in [5.74, 6) is 0. The first-order valence-electron chi connectivity index (χ1n) is 3.77. The molecule has 0 fully saturated rings. The normalized spacial score (nSPS) is 14.1. The number of hydrogen-bond donors (Lipinski definition) is 3. The third-order valence-corrected chi connectivity index (χ3v) is 1.48. The van der Waals surface area contributed by atoms with E-state index in [2.05, 4.69) is 10.6 Å². The van der Waals surface area contributed by atoms with Crippen LogP contribution in [-0.2, 0) is 0 Å². The predicted molar refractivity (Wildman–Crippen MR) is 52.9 cm³/mol. The van der Waals surface area contributed by atoms with Crippen LogP contribution in [0.25, 0.3) is 0 Å². The van der Waals surface area contributed by atoms with Gasteiger partial charge in [-0.25, -0.2) is 4.79 Å². The molecular weight excluding hydrogens is 215 g/mol. The van der Waals surface area contributed by atoms with Crippen molar-refractivity contribution in [2.45, 2.75) is 37.4 Å². The maximum Gasteiger partial charge on any atom is 0.317 e. The Kier molecular flexibility index (Phi) is 4.81. The summed E-state index contributed by atoms with van der Waals surface area (Å²) in [5.41, 5.74) is -0.363. The lowest BCUT2D eigenvalue weighted by Gasteiger charge is -2.22. The van der Waals surface area contributed by atoms with Crippen LogP contribution in [0.1, 0.15) is 20.8 Å². The van der Waals surface area contributed by atoms with Gasteiger partial charge in [0.15, 0.2) is 11.1 Å². The molecule has 0 aliphatic heterocycles. The summed E-state index contributed by atoms with van der Waals surface area (Å²) in [6, 6.07) is -0.508. The first-order valence-corrected chi connectivity index (χ1v) is 4.64. The second-order valence-electron chi connectivity index (χ2n) is 3.63. The molecule has 0 unspecified atom stereocenters. The van der Waals surface area contributed by atoms with Crippen LogP contribution in [0.2, 0.25) is 0 Å². The van der Waals surface area contributed by atoms with Crippen LogP contribution in [0.5, 0.6) is 0 Å². The second-order valence-corrected chi connectivity index (χ2v) is 4.79. The molecule has 0 saturated carbocycles. The standard InChI is InChI=1S/C7H14Cl2N2O2/c1-7(2,3)11-6(13)10-5(12)4(8)9/h4-5,12H,1-3H3,(H2,10,11,13)/t5-/m0/s1. The average Bonchev–Trinajstić information content (AvgIpc) is 1.81. The Hall–Kier alpha value is -0.190. The molecule has 2 amide bonds. The number of carbonyl (C=O) groups is 1. The minimum Gasteiger partial charge on any atom is -0.371 e. The number of alkyl halides is 2. The van der Waals surface area contributed by atoms with Crippen molar-refractivity contribution in [3.63, 3.8) is 0 Å². The molecule has 3 N–H and O–H groups in total. The molecule has 0 aromatic heterocycles. The molecule has 0 aliphatic carbocycles. The highest BCUT2D eigenvalue weighted by Gasteiger charge is 2.19. The number of amides is 2. The number of carbonyl (C=O) groups excluding carboxylic acids is 1. The molecule has 0 bridgehead atoms. The number of hydrogen-bond acceptors (Lipinski definition) is 2. The van der Waals surface area contributed by atoms with Crippen molar-refractivity contribution in [2.75, 3.05) is 0 Å². The van der Waals surface area contributed by atoms with Crippen molar-refractivity contribution in [3.05, 3.63) is 0 Å². The van der Waals surface area contributed by atoms with E-state index in [1.165, 1.54) is 0 Å². The van der Waals surface area contributed by atoms with Crippen molar-refractivity contribution < 1.29 is 9.90 Å². The van der Waals surface area contributed by atoms with Crippen molar-refractivity contribution in [1.82, 2.24) is 10.6 Å². The largest absolute Gasteiger partial charge is 0.371 e. The molecule has 0 rings (SSSR count). The zero-order valence-corrected chi connectivity index (χ0v) is 9.28. The highest BCUT2D eigenvalue weighted by atomic mass is 35.5. The maximum atomic E-state index is 11.1. The summed E-state index contributed by atoms with van der Waals surface area (Å²) in [7, 11) is 0. The zero-order chi connectivity index (χ0) is 10.6. The van der Waals surface area contributed by atoms with Gasteiger partial charge in [-0.15, -0.1) is 23.2 Å². The average molecular weight is 229 g/mol. The third kappa shape index (κ3) is 6.93. The van der Waals surface area contributed by atoms with Gasteiger partial charge in [-0.3, -0.25) is 0 Å². The fourth-order valence-corrected chi connectivity index (χ4v) is 0.700. The van der Waals surface area contributed by atoms with E-state index in [1.54, 1.807) is 0 Å². The number of halogens is 2. The Bertz CT molecular complexity index is 180. The van der Waals surface area contributed by atoms with E-state index in [4.69, 9.17) is 28.3 Å². The van der Waals surface area contributed by atoms with Crippen LogP contribution < -0.4 is 10.6 Å². The molecule has 78 valence electrons. The van der Waals surface area contributed by atoms with E-state index in [1.807, 2.05) is 20.8 Å². The van der Waals surface area contributed by atoms with Crippen LogP contribution in [0.4, 0.5) is 4.79 Å². The van der Waals surface area contributed by atoms with Gasteiger partial charge in [0.05, 0.1) is 0 Å². The van der Waals surface area contributed by atoms with Crippen LogP contribution >= 0.6 is 23.2 Å². The van der Waals surface area contributed by atoms with Gasteiger partial charge in [-0.1, -0.05) is 0 Å². The molecule has 0 radical (unpaired) electrons.